The molecule has 0 atom stereocenters. The van der Waals surface area contributed by atoms with E-state index in [1.54, 1.807) is 42.7 Å². The van der Waals surface area contributed by atoms with Gasteiger partial charge in [-0.3, -0.25) is 4.99 Å². The molecule has 0 unspecified atom stereocenters. The van der Waals surface area contributed by atoms with Crippen molar-refractivity contribution in [3.05, 3.63) is 64.6 Å². The Morgan fingerprint density at radius 2 is 1.96 bits per heavy atom. The van der Waals surface area contributed by atoms with Gasteiger partial charge in [-0.1, -0.05) is 6.07 Å². The quantitative estimate of drug-likeness (QED) is 0.709. The van der Waals surface area contributed by atoms with Crippen molar-refractivity contribution in [2.45, 2.75) is 11.8 Å². The third-order valence-corrected chi connectivity index (χ3v) is 5.20. The molecular weight excluding hydrogens is 344 g/mol. The van der Waals surface area contributed by atoms with Crippen LogP contribution in [0, 0.1) is 6.92 Å². The number of nitrogens with zero attached hydrogens (tertiary/aromatic N) is 3. The summed E-state index contributed by atoms with van der Waals surface area (Å²) in [7, 11) is -3.73. The van der Waals surface area contributed by atoms with Crippen molar-refractivity contribution in [1.29, 1.82) is 0 Å². The van der Waals surface area contributed by atoms with E-state index in [0.29, 0.717) is 11.4 Å². The summed E-state index contributed by atoms with van der Waals surface area (Å²) >= 11 is 1.58. The summed E-state index contributed by atoms with van der Waals surface area (Å²) < 4.78 is 27.0. The molecular formula is C16H14N4O2S2. The summed E-state index contributed by atoms with van der Waals surface area (Å²) in [6.45, 7) is 1.76. The Morgan fingerprint density at radius 3 is 2.62 bits per heavy atom. The molecule has 0 aliphatic rings. The normalized spacial score (nSPS) is 11.7. The van der Waals surface area contributed by atoms with E-state index in [4.69, 9.17) is 0 Å². The van der Waals surface area contributed by atoms with E-state index < -0.39 is 10.0 Å². The van der Waals surface area contributed by atoms with E-state index in [1.165, 1.54) is 18.3 Å². The Bertz CT molecular complexity index is 950. The molecule has 0 spiro atoms. The Kier molecular flexibility index (Phi) is 4.68. The molecule has 24 heavy (non-hydrogen) atoms. The van der Waals surface area contributed by atoms with Gasteiger partial charge in [-0.15, -0.1) is 11.3 Å². The summed E-state index contributed by atoms with van der Waals surface area (Å²) in [4.78, 5) is 13.4. The predicted octanol–water partition coefficient (Wildman–Crippen LogP) is 3.40. The van der Waals surface area contributed by atoms with Gasteiger partial charge in [-0.2, -0.15) is 0 Å². The Labute approximate surface area is 144 Å². The first-order chi connectivity index (χ1) is 11.5. The highest BCUT2D eigenvalue weighted by Gasteiger charge is 2.15. The molecule has 2 heterocycles. The summed E-state index contributed by atoms with van der Waals surface area (Å²) in [5.41, 5.74) is 1.36. The van der Waals surface area contributed by atoms with Crippen molar-refractivity contribution >= 4 is 39.2 Å². The van der Waals surface area contributed by atoms with E-state index in [-0.39, 0.29) is 10.8 Å². The molecule has 1 aromatic carbocycles. The zero-order valence-electron chi connectivity index (χ0n) is 12.7. The lowest BCUT2D eigenvalue weighted by Gasteiger charge is -2.07. The van der Waals surface area contributed by atoms with Crippen LogP contribution in [0.2, 0.25) is 0 Å². The second-order valence-corrected chi connectivity index (χ2v) is 7.56. The fourth-order valence-corrected chi connectivity index (χ4v) is 3.43. The number of benzene rings is 1. The van der Waals surface area contributed by atoms with Gasteiger partial charge in [-0.25, -0.2) is 23.1 Å². The lowest BCUT2D eigenvalue weighted by Crippen LogP contribution is -2.15. The number of anilines is 1. The number of rotatable bonds is 5. The summed E-state index contributed by atoms with van der Waals surface area (Å²) in [5, 5.41) is 1.97. The van der Waals surface area contributed by atoms with E-state index in [9.17, 15) is 8.42 Å². The molecule has 0 saturated carbocycles. The molecule has 0 saturated heterocycles. The second kappa shape index (κ2) is 6.90. The van der Waals surface area contributed by atoms with Gasteiger partial charge in [0.2, 0.25) is 5.95 Å². The van der Waals surface area contributed by atoms with E-state index in [0.717, 1.165) is 4.88 Å². The highest BCUT2D eigenvalue weighted by atomic mass is 32.2. The number of aryl methyl sites for hydroxylation is 1. The second-order valence-electron chi connectivity index (χ2n) is 4.89. The van der Waals surface area contributed by atoms with Crippen LogP contribution in [0.25, 0.3) is 0 Å². The minimum atomic E-state index is -3.73. The average Bonchev–Trinajstić information content (AvgIpc) is 3.06. The zero-order chi connectivity index (χ0) is 17.0. The third kappa shape index (κ3) is 4.03. The van der Waals surface area contributed by atoms with Crippen LogP contribution in [0.4, 0.5) is 11.6 Å². The third-order valence-electron chi connectivity index (χ3n) is 3.05. The van der Waals surface area contributed by atoms with Gasteiger partial charge in [0, 0.05) is 23.0 Å². The van der Waals surface area contributed by atoms with Crippen molar-refractivity contribution < 1.29 is 8.42 Å². The van der Waals surface area contributed by atoms with Crippen molar-refractivity contribution in [2.24, 2.45) is 4.99 Å². The molecule has 8 heteroatoms. The van der Waals surface area contributed by atoms with Crippen LogP contribution in [-0.2, 0) is 10.0 Å². The van der Waals surface area contributed by atoms with Crippen LogP contribution >= 0.6 is 11.3 Å². The largest absolute Gasteiger partial charge is 0.264 e. The summed E-state index contributed by atoms with van der Waals surface area (Å²) in [5.74, 6) is 0.0507. The Balaban J connectivity index is 1.76. The smallest absolute Gasteiger partial charge is 0.255 e. The monoisotopic (exact) mass is 358 g/mol. The van der Waals surface area contributed by atoms with Gasteiger partial charge in [0.1, 0.15) is 0 Å². The standard InChI is InChI=1S/C16H14N4O2S2/c1-12-8-9-17-16(19-12)20-24(21,22)15-6-4-13(5-7-15)18-11-14-3-2-10-23-14/h2-11H,1H3,(H,17,19,20). The topological polar surface area (TPSA) is 84.3 Å². The number of sulfonamides is 1. The van der Waals surface area contributed by atoms with Crippen LogP contribution < -0.4 is 4.72 Å². The van der Waals surface area contributed by atoms with Crippen LogP contribution in [-0.4, -0.2) is 24.6 Å². The lowest BCUT2D eigenvalue weighted by atomic mass is 10.3. The van der Waals surface area contributed by atoms with E-state index >= 15 is 0 Å². The van der Waals surface area contributed by atoms with E-state index in [2.05, 4.69) is 19.7 Å². The maximum absolute atomic E-state index is 12.3. The molecule has 3 rings (SSSR count). The first-order valence-electron chi connectivity index (χ1n) is 7.03. The zero-order valence-corrected chi connectivity index (χ0v) is 14.4. The minimum Gasteiger partial charge on any atom is -0.255 e. The van der Waals surface area contributed by atoms with Crippen LogP contribution in [0.3, 0.4) is 0 Å². The molecule has 122 valence electrons. The fraction of sp³-hybridized carbons (Fsp3) is 0.0625. The lowest BCUT2D eigenvalue weighted by molar-refractivity contribution is 0.601. The van der Waals surface area contributed by atoms with Gasteiger partial charge >= 0.3 is 0 Å². The molecule has 0 aliphatic heterocycles. The Hall–Kier alpha value is -2.58. The Morgan fingerprint density at radius 1 is 1.17 bits per heavy atom. The van der Waals surface area contributed by atoms with Gasteiger partial charge < -0.3 is 0 Å². The van der Waals surface area contributed by atoms with Crippen LogP contribution in [0.1, 0.15) is 10.6 Å². The maximum Gasteiger partial charge on any atom is 0.264 e. The van der Waals surface area contributed by atoms with Crippen LogP contribution in [0.5, 0.6) is 0 Å². The molecule has 0 radical (unpaired) electrons. The molecule has 0 amide bonds. The molecule has 0 fully saturated rings. The minimum absolute atomic E-state index is 0.0507. The summed E-state index contributed by atoms with van der Waals surface area (Å²) in [6, 6.07) is 11.9. The van der Waals surface area contributed by atoms with E-state index in [1.807, 2.05) is 17.5 Å². The number of nitrogens with one attached hydrogen (secondary N) is 1. The van der Waals surface area contributed by atoms with Gasteiger partial charge in [0.25, 0.3) is 10.0 Å². The number of hydrogen-bond acceptors (Lipinski definition) is 6. The van der Waals surface area contributed by atoms with Crippen LogP contribution in [0.15, 0.2) is 63.9 Å². The predicted molar refractivity (Wildman–Crippen MR) is 95.6 cm³/mol. The van der Waals surface area contributed by atoms with Crippen molar-refractivity contribution in [3.63, 3.8) is 0 Å². The first-order valence-corrected chi connectivity index (χ1v) is 9.39. The molecule has 0 aliphatic carbocycles. The molecule has 2 aromatic heterocycles. The fourth-order valence-electron chi connectivity index (χ4n) is 1.89. The number of hydrogen-bond donors (Lipinski definition) is 1. The highest BCUT2D eigenvalue weighted by Crippen LogP contribution is 2.19. The van der Waals surface area contributed by atoms with Gasteiger partial charge in [0.15, 0.2) is 0 Å². The molecule has 6 nitrogen and oxygen atoms in total. The first kappa shape index (κ1) is 16.3. The van der Waals surface area contributed by atoms with Gasteiger partial charge in [-0.05, 0) is 48.7 Å². The number of thiophene rings is 1. The SMILES string of the molecule is Cc1ccnc(NS(=O)(=O)c2ccc(N=Cc3cccs3)cc2)n1. The van der Waals surface area contributed by atoms with Crippen molar-refractivity contribution in [2.75, 3.05) is 4.72 Å². The van der Waals surface area contributed by atoms with Crippen molar-refractivity contribution in [3.8, 4) is 0 Å². The average molecular weight is 358 g/mol. The molecule has 3 aromatic rings. The number of aliphatic imine (C=N–C) groups is 1. The highest BCUT2D eigenvalue weighted by molar-refractivity contribution is 7.92. The van der Waals surface area contributed by atoms with Gasteiger partial charge in [0.05, 0.1) is 10.6 Å². The van der Waals surface area contributed by atoms with Crippen molar-refractivity contribution in [1.82, 2.24) is 9.97 Å². The maximum atomic E-state index is 12.3. The molecule has 1 N–H and O–H groups in total. The summed E-state index contributed by atoms with van der Waals surface area (Å²) in [6.07, 6.45) is 3.25. The number of aromatic nitrogens is 2. The molecule has 0 bridgehead atoms.